The first-order valence-electron chi connectivity index (χ1n) is 9.49. The summed E-state index contributed by atoms with van der Waals surface area (Å²) in [5.74, 6) is 0.0432. The van der Waals surface area contributed by atoms with Gasteiger partial charge in [0.15, 0.2) is 0 Å². The van der Waals surface area contributed by atoms with Gasteiger partial charge >= 0.3 is 0 Å². The molecule has 1 aromatic heterocycles. The Hall–Kier alpha value is -2.59. The first-order chi connectivity index (χ1) is 13.0. The SMILES string of the molecule is Cc1cc2occ(CC(=O)NCCCN(C)Cc3ccccc3)c2cc1C. The molecule has 1 N–H and O–H groups in total. The van der Waals surface area contributed by atoms with Gasteiger partial charge in [-0.05, 0) is 62.7 Å². The molecule has 0 saturated carbocycles. The Kier molecular flexibility index (Phi) is 6.30. The third kappa shape index (κ3) is 5.20. The van der Waals surface area contributed by atoms with Crippen molar-refractivity contribution in [1.29, 1.82) is 0 Å². The van der Waals surface area contributed by atoms with E-state index >= 15 is 0 Å². The van der Waals surface area contributed by atoms with Crippen LogP contribution in [0.4, 0.5) is 0 Å². The van der Waals surface area contributed by atoms with Crippen LogP contribution in [0.25, 0.3) is 11.0 Å². The van der Waals surface area contributed by atoms with Gasteiger partial charge in [0.1, 0.15) is 5.58 Å². The molecule has 4 nitrogen and oxygen atoms in total. The zero-order valence-corrected chi connectivity index (χ0v) is 16.4. The number of hydrogen-bond donors (Lipinski definition) is 1. The Balaban J connectivity index is 1.43. The van der Waals surface area contributed by atoms with Crippen molar-refractivity contribution in [2.75, 3.05) is 20.1 Å². The summed E-state index contributed by atoms with van der Waals surface area (Å²) < 4.78 is 5.61. The number of fused-ring (bicyclic) bond motifs is 1. The van der Waals surface area contributed by atoms with E-state index < -0.39 is 0 Å². The highest BCUT2D eigenvalue weighted by molar-refractivity contribution is 5.88. The van der Waals surface area contributed by atoms with Crippen molar-refractivity contribution in [3.8, 4) is 0 Å². The molecule has 0 aliphatic carbocycles. The van der Waals surface area contributed by atoms with Gasteiger partial charge in [0, 0.05) is 24.0 Å². The lowest BCUT2D eigenvalue weighted by Crippen LogP contribution is -2.29. The number of furan rings is 1. The van der Waals surface area contributed by atoms with Crippen LogP contribution in [0.1, 0.15) is 28.7 Å². The van der Waals surface area contributed by atoms with Crippen molar-refractivity contribution in [3.05, 3.63) is 71.0 Å². The highest BCUT2D eigenvalue weighted by atomic mass is 16.3. The lowest BCUT2D eigenvalue weighted by atomic mass is 10.0. The van der Waals surface area contributed by atoms with Crippen LogP contribution in [-0.4, -0.2) is 30.9 Å². The van der Waals surface area contributed by atoms with E-state index in [1.165, 1.54) is 16.7 Å². The normalized spacial score (nSPS) is 11.3. The number of carbonyl (C=O) groups excluding carboxylic acids is 1. The van der Waals surface area contributed by atoms with Gasteiger partial charge in [-0.15, -0.1) is 0 Å². The van der Waals surface area contributed by atoms with Crippen LogP contribution in [0.3, 0.4) is 0 Å². The first kappa shape index (κ1) is 19.2. The molecule has 3 rings (SSSR count). The largest absolute Gasteiger partial charge is 0.464 e. The molecule has 0 atom stereocenters. The molecule has 0 fully saturated rings. The van der Waals surface area contributed by atoms with Gasteiger partial charge in [-0.25, -0.2) is 0 Å². The van der Waals surface area contributed by atoms with Crippen LogP contribution in [0.2, 0.25) is 0 Å². The Morgan fingerprint density at radius 2 is 1.85 bits per heavy atom. The van der Waals surface area contributed by atoms with Gasteiger partial charge in [-0.1, -0.05) is 30.3 Å². The van der Waals surface area contributed by atoms with Crippen molar-refractivity contribution in [2.45, 2.75) is 33.2 Å². The summed E-state index contributed by atoms with van der Waals surface area (Å²) in [5, 5.41) is 4.06. The van der Waals surface area contributed by atoms with Crippen LogP contribution in [0, 0.1) is 13.8 Å². The second-order valence-corrected chi connectivity index (χ2v) is 7.30. The van der Waals surface area contributed by atoms with Crippen molar-refractivity contribution in [2.24, 2.45) is 0 Å². The molecule has 0 bridgehead atoms. The van der Waals surface area contributed by atoms with Crippen LogP contribution in [-0.2, 0) is 17.8 Å². The van der Waals surface area contributed by atoms with Gasteiger partial charge in [-0.3, -0.25) is 4.79 Å². The minimum absolute atomic E-state index is 0.0432. The molecule has 3 aromatic rings. The van der Waals surface area contributed by atoms with Crippen molar-refractivity contribution >= 4 is 16.9 Å². The Morgan fingerprint density at radius 1 is 1.11 bits per heavy atom. The average molecular weight is 364 g/mol. The van der Waals surface area contributed by atoms with E-state index in [1.807, 2.05) is 12.1 Å². The van der Waals surface area contributed by atoms with Crippen molar-refractivity contribution in [3.63, 3.8) is 0 Å². The topological polar surface area (TPSA) is 45.5 Å². The second kappa shape index (κ2) is 8.87. The maximum absolute atomic E-state index is 12.3. The Morgan fingerprint density at radius 3 is 2.63 bits per heavy atom. The molecule has 0 spiro atoms. The summed E-state index contributed by atoms with van der Waals surface area (Å²) in [6, 6.07) is 14.6. The lowest BCUT2D eigenvalue weighted by molar-refractivity contribution is -0.120. The van der Waals surface area contributed by atoms with Crippen LogP contribution < -0.4 is 5.32 Å². The molecule has 0 saturated heterocycles. The molecule has 4 heteroatoms. The third-order valence-electron chi connectivity index (χ3n) is 4.96. The fourth-order valence-electron chi connectivity index (χ4n) is 3.26. The fourth-order valence-corrected chi connectivity index (χ4v) is 3.26. The molecule has 0 radical (unpaired) electrons. The molecule has 1 amide bonds. The fraction of sp³-hybridized carbons (Fsp3) is 0.348. The van der Waals surface area contributed by atoms with Gasteiger partial charge in [0.25, 0.3) is 0 Å². The quantitative estimate of drug-likeness (QED) is 0.609. The molecular weight excluding hydrogens is 336 g/mol. The first-order valence-corrected chi connectivity index (χ1v) is 9.49. The summed E-state index contributed by atoms with van der Waals surface area (Å²) >= 11 is 0. The van der Waals surface area contributed by atoms with Crippen LogP contribution in [0.15, 0.2) is 53.1 Å². The van der Waals surface area contributed by atoms with E-state index in [-0.39, 0.29) is 5.91 Å². The van der Waals surface area contributed by atoms with E-state index in [9.17, 15) is 4.79 Å². The number of hydrogen-bond acceptors (Lipinski definition) is 3. The van der Waals surface area contributed by atoms with E-state index in [2.05, 4.69) is 61.4 Å². The predicted molar refractivity (Wildman–Crippen MR) is 110 cm³/mol. The predicted octanol–water partition coefficient (Wildman–Crippen LogP) is 4.23. The number of rotatable bonds is 8. The Bertz CT molecular complexity index is 899. The standard InChI is InChI=1S/C23H28N2O2/c1-17-12-21-20(16-27-22(21)13-18(17)2)14-23(26)24-10-7-11-25(3)15-19-8-5-4-6-9-19/h4-6,8-9,12-13,16H,7,10-11,14-15H2,1-3H3,(H,24,26). The molecule has 1 heterocycles. The molecule has 27 heavy (non-hydrogen) atoms. The van der Waals surface area contributed by atoms with Gasteiger partial charge < -0.3 is 14.6 Å². The lowest BCUT2D eigenvalue weighted by Gasteiger charge is -2.16. The van der Waals surface area contributed by atoms with E-state index in [0.29, 0.717) is 13.0 Å². The zero-order valence-electron chi connectivity index (χ0n) is 16.4. The van der Waals surface area contributed by atoms with Gasteiger partial charge in [-0.2, -0.15) is 0 Å². The number of carbonyl (C=O) groups is 1. The Labute approximate surface area is 161 Å². The summed E-state index contributed by atoms with van der Waals surface area (Å²) in [5.41, 5.74) is 5.52. The summed E-state index contributed by atoms with van der Waals surface area (Å²) in [7, 11) is 2.11. The zero-order chi connectivity index (χ0) is 19.2. The summed E-state index contributed by atoms with van der Waals surface area (Å²) in [6.45, 7) is 6.71. The van der Waals surface area contributed by atoms with Crippen molar-refractivity contribution < 1.29 is 9.21 Å². The number of nitrogens with one attached hydrogen (secondary N) is 1. The third-order valence-corrected chi connectivity index (χ3v) is 4.96. The molecule has 2 aromatic carbocycles. The second-order valence-electron chi connectivity index (χ2n) is 7.30. The smallest absolute Gasteiger partial charge is 0.224 e. The number of nitrogens with zero attached hydrogens (tertiary/aromatic N) is 1. The average Bonchev–Trinajstić information content (AvgIpc) is 3.01. The summed E-state index contributed by atoms with van der Waals surface area (Å²) in [4.78, 5) is 14.5. The van der Waals surface area contributed by atoms with E-state index in [1.54, 1.807) is 6.26 Å². The van der Waals surface area contributed by atoms with E-state index in [0.717, 1.165) is 36.0 Å². The molecule has 0 aliphatic heterocycles. The van der Waals surface area contributed by atoms with Crippen LogP contribution in [0.5, 0.6) is 0 Å². The highest BCUT2D eigenvalue weighted by Crippen LogP contribution is 2.25. The molecule has 0 unspecified atom stereocenters. The van der Waals surface area contributed by atoms with Crippen LogP contribution >= 0.6 is 0 Å². The summed E-state index contributed by atoms with van der Waals surface area (Å²) in [6.07, 6.45) is 2.99. The van der Waals surface area contributed by atoms with Crippen molar-refractivity contribution in [1.82, 2.24) is 10.2 Å². The maximum Gasteiger partial charge on any atom is 0.224 e. The highest BCUT2D eigenvalue weighted by Gasteiger charge is 2.11. The number of benzene rings is 2. The maximum atomic E-state index is 12.3. The minimum atomic E-state index is 0.0432. The van der Waals surface area contributed by atoms with Gasteiger partial charge in [0.05, 0.1) is 12.7 Å². The molecule has 0 aliphatic rings. The number of aryl methyl sites for hydroxylation is 2. The minimum Gasteiger partial charge on any atom is -0.464 e. The monoisotopic (exact) mass is 364 g/mol. The molecular formula is C23H28N2O2. The molecule has 142 valence electrons. The van der Waals surface area contributed by atoms with E-state index in [4.69, 9.17) is 4.42 Å². The number of amides is 1. The van der Waals surface area contributed by atoms with Gasteiger partial charge in [0.2, 0.25) is 5.91 Å².